The predicted molar refractivity (Wildman–Crippen MR) is 69.8 cm³/mol. The largest absolute Gasteiger partial charge is 0.309 e. The lowest BCUT2D eigenvalue weighted by Crippen LogP contribution is -2.61. The Balaban J connectivity index is 1.94. The smallest absolute Gasteiger partial charge is 0.0309 e. The molecule has 0 amide bonds. The van der Waals surface area contributed by atoms with Crippen molar-refractivity contribution in [2.45, 2.75) is 70.4 Å². The lowest BCUT2D eigenvalue weighted by Gasteiger charge is -2.45. The minimum Gasteiger partial charge on any atom is -0.309 e. The number of nitrogens with one attached hydrogen (secondary N) is 1. The van der Waals surface area contributed by atoms with Crippen LogP contribution in [0.4, 0.5) is 0 Å². The van der Waals surface area contributed by atoms with E-state index < -0.39 is 0 Å². The molecule has 2 fully saturated rings. The standard InChI is InChI=1S/C14H28N2/c1-3-7-13(4-2)16-11-10-15-14(12-16)8-5-6-9-14/h13,15H,3-12H2,1-2H3. The molecule has 2 rings (SSSR count). The maximum Gasteiger partial charge on any atom is 0.0309 e. The number of hydrogen-bond donors (Lipinski definition) is 1. The van der Waals surface area contributed by atoms with E-state index in [1.54, 1.807) is 0 Å². The summed E-state index contributed by atoms with van der Waals surface area (Å²) in [6.45, 7) is 8.45. The van der Waals surface area contributed by atoms with Crippen LogP contribution < -0.4 is 5.32 Å². The van der Waals surface area contributed by atoms with E-state index in [-0.39, 0.29) is 0 Å². The molecule has 1 aliphatic carbocycles. The maximum absolute atomic E-state index is 3.80. The highest BCUT2D eigenvalue weighted by molar-refractivity contribution is 4.99. The van der Waals surface area contributed by atoms with Crippen LogP contribution in [0.3, 0.4) is 0 Å². The zero-order valence-electron chi connectivity index (χ0n) is 11.1. The summed E-state index contributed by atoms with van der Waals surface area (Å²) in [6, 6.07) is 0.838. The summed E-state index contributed by atoms with van der Waals surface area (Å²) in [6.07, 6.45) is 9.72. The van der Waals surface area contributed by atoms with Gasteiger partial charge in [0.1, 0.15) is 0 Å². The van der Waals surface area contributed by atoms with Crippen LogP contribution in [-0.2, 0) is 0 Å². The van der Waals surface area contributed by atoms with Crippen molar-refractivity contribution < 1.29 is 0 Å². The van der Waals surface area contributed by atoms with Crippen molar-refractivity contribution in [2.75, 3.05) is 19.6 Å². The quantitative estimate of drug-likeness (QED) is 0.790. The summed E-state index contributed by atoms with van der Waals surface area (Å²) >= 11 is 0. The first kappa shape index (κ1) is 12.4. The third-order valence-corrected chi connectivity index (χ3v) is 4.57. The van der Waals surface area contributed by atoms with Gasteiger partial charge in [-0.3, -0.25) is 4.90 Å². The molecule has 1 aliphatic heterocycles. The Morgan fingerprint density at radius 2 is 2.00 bits per heavy atom. The molecule has 1 saturated carbocycles. The molecule has 1 unspecified atom stereocenters. The fraction of sp³-hybridized carbons (Fsp3) is 1.00. The van der Waals surface area contributed by atoms with Gasteiger partial charge < -0.3 is 5.32 Å². The minimum absolute atomic E-state index is 0.499. The molecule has 1 spiro atoms. The maximum atomic E-state index is 3.80. The Hall–Kier alpha value is -0.0800. The minimum atomic E-state index is 0.499. The normalized spacial score (nSPS) is 27.4. The average Bonchev–Trinajstić information content (AvgIpc) is 2.74. The molecule has 1 heterocycles. The fourth-order valence-corrected chi connectivity index (χ4v) is 3.66. The second-order valence-corrected chi connectivity index (χ2v) is 5.74. The van der Waals surface area contributed by atoms with E-state index in [2.05, 4.69) is 24.1 Å². The van der Waals surface area contributed by atoms with Crippen LogP contribution in [0.5, 0.6) is 0 Å². The van der Waals surface area contributed by atoms with Crippen molar-refractivity contribution in [1.29, 1.82) is 0 Å². The van der Waals surface area contributed by atoms with Gasteiger partial charge in [0.05, 0.1) is 0 Å². The Labute approximate surface area is 101 Å². The van der Waals surface area contributed by atoms with E-state index in [1.165, 1.54) is 64.6 Å². The molecule has 0 bridgehead atoms. The predicted octanol–water partition coefficient (Wildman–Crippen LogP) is 2.78. The molecule has 1 saturated heterocycles. The Morgan fingerprint density at radius 1 is 1.25 bits per heavy atom. The molecule has 0 aromatic carbocycles. The van der Waals surface area contributed by atoms with Gasteiger partial charge in [-0.2, -0.15) is 0 Å². The molecule has 2 heteroatoms. The van der Waals surface area contributed by atoms with Gasteiger partial charge in [0, 0.05) is 31.2 Å². The highest BCUT2D eigenvalue weighted by atomic mass is 15.2. The first-order valence-corrected chi connectivity index (χ1v) is 7.29. The molecule has 0 radical (unpaired) electrons. The first-order valence-electron chi connectivity index (χ1n) is 7.29. The monoisotopic (exact) mass is 224 g/mol. The summed E-state index contributed by atoms with van der Waals surface area (Å²) in [5, 5.41) is 3.80. The van der Waals surface area contributed by atoms with Gasteiger partial charge in [0.15, 0.2) is 0 Å². The molecule has 2 aliphatic rings. The molecule has 0 aromatic rings. The summed E-state index contributed by atoms with van der Waals surface area (Å²) in [4.78, 5) is 2.77. The number of piperazine rings is 1. The van der Waals surface area contributed by atoms with Gasteiger partial charge in [-0.1, -0.05) is 33.1 Å². The highest BCUT2D eigenvalue weighted by Gasteiger charge is 2.38. The van der Waals surface area contributed by atoms with Crippen molar-refractivity contribution in [3.63, 3.8) is 0 Å². The lowest BCUT2D eigenvalue weighted by molar-refractivity contribution is 0.0870. The second-order valence-electron chi connectivity index (χ2n) is 5.74. The SMILES string of the molecule is CCCC(CC)N1CCNC2(CCCC2)C1. The molecule has 0 aromatic heterocycles. The summed E-state index contributed by atoms with van der Waals surface area (Å²) in [5.74, 6) is 0. The molecule has 94 valence electrons. The first-order chi connectivity index (χ1) is 7.79. The van der Waals surface area contributed by atoms with Gasteiger partial charge in [-0.25, -0.2) is 0 Å². The van der Waals surface area contributed by atoms with E-state index in [0.29, 0.717) is 5.54 Å². The van der Waals surface area contributed by atoms with E-state index in [9.17, 15) is 0 Å². The Bertz CT molecular complexity index is 209. The molecular weight excluding hydrogens is 196 g/mol. The van der Waals surface area contributed by atoms with Crippen LogP contribution in [0.2, 0.25) is 0 Å². The van der Waals surface area contributed by atoms with Crippen LogP contribution in [0.15, 0.2) is 0 Å². The molecular formula is C14H28N2. The Kier molecular flexibility index (Phi) is 4.26. The van der Waals surface area contributed by atoms with Crippen LogP contribution in [-0.4, -0.2) is 36.1 Å². The lowest BCUT2D eigenvalue weighted by atomic mass is 9.92. The fourth-order valence-electron chi connectivity index (χ4n) is 3.66. The summed E-state index contributed by atoms with van der Waals surface area (Å²) in [5.41, 5.74) is 0.499. The topological polar surface area (TPSA) is 15.3 Å². The van der Waals surface area contributed by atoms with Crippen molar-refractivity contribution in [3.8, 4) is 0 Å². The van der Waals surface area contributed by atoms with E-state index >= 15 is 0 Å². The molecule has 1 atom stereocenters. The van der Waals surface area contributed by atoms with Crippen LogP contribution in [0, 0.1) is 0 Å². The number of rotatable bonds is 4. The third-order valence-electron chi connectivity index (χ3n) is 4.57. The molecule has 16 heavy (non-hydrogen) atoms. The zero-order valence-corrected chi connectivity index (χ0v) is 11.1. The number of nitrogens with zero attached hydrogens (tertiary/aromatic N) is 1. The average molecular weight is 224 g/mol. The zero-order chi connectivity index (χ0) is 11.4. The number of hydrogen-bond acceptors (Lipinski definition) is 2. The molecule has 2 nitrogen and oxygen atoms in total. The van der Waals surface area contributed by atoms with Gasteiger partial charge in [0.25, 0.3) is 0 Å². The van der Waals surface area contributed by atoms with Gasteiger partial charge in [0.2, 0.25) is 0 Å². The van der Waals surface area contributed by atoms with Gasteiger partial charge in [-0.05, 0) is 25.7 Å². The van der Waals surface area contributed by atoms with E-state index in [0.717, 1.165) is 6.04 Å². The van der Waals surface area contributed by atoms with Crippen LogP contribution >= 0.6 is 0 Å². The summed E-state index contributed by atoms with van der Waals surface area (Å²) < 4.78 is 0. The van der Waals surface area contributed by atoms with Gasteiger partial charge >= 0.3 is 0 Å². The highest BCUT2D eigenvalue weighted by Crippen LogP contribution is 2.33. The Morgan fingerprint density at radius 3 is 2.62 bits per heavy atom. The second kappa shape index (κ2) is 5.50. The van der Waals surface area contributed by atoms with Crippen molar-refractivity contribution in [1.82, 2.24) is 10.2 Å². The van der Waals surface area contributed by atoms with E-state index in [1.807, 2.05) is 0 Å². The van der Waals surface area contributed by atoms with Crippen LogP contribution in [0.1, 0.15) is 58.8 Å². The van der Waals surface area contributed by atoms with Crippen LogP contribution in [0.25, 0.3) is 0 Å². The third kappa shape index (κ3) is 2.60. The molecule has 1 N–H and O–H groups in total. The summed E-state index contributed by atoms with van der Waals surface area (Å²) in [7, 11) is 0. The van der Waals surface area contributed by atoms with Crippen molar-refractivity contribution in [3.05, 3.63) is 0 Å². The van der Waals surface area contributed by atoms with Crippen molar-refractivity contribution >= 4 is 0 Å². The van der Waals surface area contributed by atoms with Crippen molar-refractivity contribution in [2.24, 2.45) is 0 Å². The van der Waals surface area contributed by atoms with Gasteiger partial charge in [-0.15, -0.1) is 0 Å². The van der Waals surface area contributed by atoms with E-state index in [4.69, 9.17) is 0 Å².